The normalized spacial score (nSPS) is 17.4. The van der Waals surface area contributed by atoms with Crippen LogP contribution in [-0.4, -0.2) is 16.1 Å². The molecule has 0 amide bonds. The van der Waals surface area contributed by atoms with Gasteiger partial charge in [-0.1, -0.05) is 37.1 Å². The molecule has 2 aromatic rings. The molecule has 1 aromatic heterocycles. The number of aliphatic carboxylic acids is 1. The molecule has 1 fully saturated rings. The van der Waals surface area contributed by atoms with E-state index in [4.69, 9.17) is 0 Å². The monoisotopic (exact) mass is 269 g/mol. The lowest BCUT2D eigenvalue weighted by atomic mass is 9.87. The van der Waals surface area contributed by atoms with Gasteiger partial charge in [0.1, 0.15) is 0 Å². The van der Waals surface area contributed by atoms with Crippen molar-refractivity contribution in [2.75, 3.05) is 0 Å². The average Bonchev–Trinajstić information content (AvgIpc) is 2.98. The van der Waals surface area contributed by atoms with E-state index in [-0.39, 0.29) is 5.92 Å². The molecule has 3 rings (SSSR count). The summed E-state index contributed by atoms with van der Waals surface area (Å²) in [4.78, 5) is 16.1. The van der Waals surface area contributed by atoms with E-state index >= 15 is 0 Å². The van der Waals surface area contributed by atoms with Crippen molar-refractivity contribution in [3.05, 3.63) is 42.1 Å². The Bertz CT molecular complexity index is 617. The molecule has 0 bridgehead atoms. The van der Waals surface area contributed by atoms with Crippen LogP contribution < -0.4 is 0 Å². The second-order valence-electron chi connectivity index (χ2n) is 5.69. The molecular formula is C17H19NO2. The van der Waals surface area contributed by atoms with Crippen LogP contribution in [0.15, 0.2) is 36.4 Å². The van der Waals surface area contributed by atoms with E-state index in [9.17, 15) is 9.90 Å². The molecule has 1 aromatic carbocycles. The van der Waals surface area contributed by atoms with E-state index in [1.165, 1.54) is 12.8 Å². The summed E-state index contributed by atoms with van der Waals surface area (Å²) in [5.41, 5.74) is 1.84. The average molecular weight is 269 g/mol. The van der Waals surface area contributed by atoms with E-state index in [0.717, 1.165) is 29.4 Å². The van der Waals surface area contributed by atoms with Gasteiger partial charge in [-0.3, -0.25) is 9.78 Å². The van der Waals surface area contributed by atoms with Crippen LogP contribution in [0.4, 0.5) is 0 Å². The number of pyridine rings is 1. The third-order valence-corrected chi connectivity index (χ3v) is 4.37. The Kier molecular flexibility index (Phi) is 3.68. The zero-order valence-electron chi connectivity index (χ0n) is 11.5. The van der Waals surface area contributed by atoms with Crippen molar-refractivity contribution >= 4 is 16.9 Å². The zero-order valence-corrected chi connectivity index (χ0v) is 11.5. The van der Waals surface area contributed by atoms with Gasteiger partial charge in [-0.05, 0) is 30.9 Å². The number of benzene rings is 1. The summed E-state index contributed by atoms with van der Waals surface area (Å²) in [5.74, 6) is -0.640. The minimum absolute atomic E-state index is 0.286. The number of rotatable bonds is 4. The number of fused-ring (bicyclic) bond motifs is 1. The van der Waals surface area contributed by atoms with Crippen molar-refractivity contribution in [2.45, 2.75) is 32.1 Å². The van der Waals surface area contributed by atoms with Gasteiger partial charge < -0.3 is 5.11 Å². The maximum atomic E-state index is 11.5. The summed E-state index contributed by atoms with van der Waals surface area (Å²) in [6.07, 6.45) is 4.97. The van der Waals surface area contributed by atoms with Crippen LogP contribution in [0.25, 0.3) is 10.9 Å². The summed E-state index contributed by atoms with van der Waals surface area (Å²) in [6.45, 7) is 0. The van der Waals surface area contributed by atoms with Crippen LogP contribution >= 0.6 is 0 Å². The standard InChI is InChI=1S/C17H19NO2/c19-17(20)15(12-5-1-2-6-12)11-14-10-9-13-7-3-4-8-16(13)18-14/h3-4,7-10,12,15H,1-2,5-6,11H2,(H,19,20). The SMILES string of the molecule is O=C(O)C(Cc1ccc2ccccc2n1)C1CCCC1. The number of hydrogen-bond acceptors (Lipinski definition) is 2. The second kappa shape index (κ2) is 5.61. The molecule has 3 heteroatoms. The third-order valence-electron chi connectivity index (χ3n) is 4.37. The highest BCUT2D eigenvalue weighted by atomic mass is 16.4. The van der Waals surface area contributed by atoms with Gasteiger partial charge >= 0.3 is 5.97 Å². The maximum absolute atomic E-state index is 11.5. The topological polar surface area (TPSA) is 50.2 Å². The van der Waals surface area contributed by atoms with Gasteiger partial charge in [0.2, 0.25) is 0 Å². The zero-order chi connectivity index (χ0) is 13.9. The molecule has 1 saturated carbocycles. The Morgan fingerprint density at radius 1 is 1.20 bits per heavy atom. The molecular weight excluding hydrogens is 250 g/mol. The first-order chi connectivity index (χ1) is 9.74. The summed E-state index contributed by atoms with van der Waals surface area (Å²) in [7, 11) is 0. The fourth-order valence-electron chi connectivity index (χ4n) is 3.26. The minimum atomic E-state index is -0.674. The second-order valence-corrected chi connectivity index (χ2v) is 5.69. The van der Waals surface area contributed by atoms with Crippen LogP contribution in [0.5, 0.6) is 0 Å². The summed E-state index contributed by atoms with van der Waals surface area (Å²) < 4.78 is 0. The first-order valence-corrected chi connectivity index (χ1v) is 7.31. The van der Waals surface area contributed by atoms with E-state index in [1.807, 2.05) is 36.4 Å². The van der Waals surface area contributed by atoms with Gasteiger partial charge in [-0.25, -0.2) is 0 Å². The van der Waals surface area contributed by atoms with Crippen LogP contribution in [-0.2, 0) is 11.2 Å². The molecule has 1 atom stereocenters. The third kappa shape index (κ3) is 2.67. The summed E-state index contributed by atoms with van der Waals surface area (Å²) in [6, 6.07) is 12.0. The molecule has 1 aliphatic rings. The molecule has 3 nitrogen and oxygen atoms in total. The molecule has 20 heavy (non-hydrogen) atoms. The van der Waals surface area contributed by atoms with Crippen molar-refractivity contribution in [1.29, 1.82) is 0 Å². The van der Waals surface area contributed by atoms with Crippen LogP contribution in [0.2, 0.25) is 0 Å². The van der Waals surface area contributed by atoms with Gasteiger partial charge in [0.15, 0.2) is 0 Å². The van der Waals surface area contributed by atoms with E-state index in [2.05, 4.69) is 4.98 Å². The minimum Gasteiger partial charge on any atom is -0.481 e. The predicted molar refractivity (Wildman–Crippen MR) is 78.5 cm³/mol. The Balaban J connectivity index is 1.84. The largest absolute Gasteiger partial charge is 0.481 e. The first-order valence-electron chi connectivity index (χ1n) is 7.31. The Morgan fingerprint density at radius 2 is 1.95 bits per heavy atom. The van der Waals surface area contributed by atoms with E-state index in [0.29, 0.717) is 12.3 Å². The summed E-state index contributed by atoms with van der Waals surface area (Å²) in [5, 5.41) is 10.6. The van der Waals surface area contributed by atoms with Crippen molar-refractivity contribution < 1.29 is 9.90 Å². The van der Waals surface area contributed by atoms with Crippen LogP contribution in [0.3, 0.4) is 0 Å². The Morgan fingerprint density at radius 3 is 2.70 bits per heavy atom. The van der Waals surface area contributed by atoms with Crippen molar-refractivity contribution in [2.24, 2.45) is 11.8 Å². The number of hydrogen-bond donors (Lipinski definition) is 1. The van der Waals surface area contributed by atoms with Gasteiger partial charge in [0.25, 0.3) is 0 Å². The Hall–Kier alpha value is -1.90. The number of aromatic nitrogens is 1. The molecule has 0 saturated heterocycles. The van der Waals surface area contributed by atoms with E-state index in [1.54, 1.807) is 0 Å². The number of carbonyl (C=O) groups is 1. The lowest BCUT2D eigenvalue weighted by Crippen LogP contribution is -2.24. The molecule has 1 N–H and O–H groups in total. The Labute approximate surface area is 118 Å². The van der Waals surface area contributed by atoms with Crippen molar-refractivity contribution in [1.82, 2.24) is 4.98 Å². The van der Waals surface area contributed by atoms with E-state index < -0.39 is 5.97 Å². The highest BCUT2D eigenvalue weighted by Crippen LogP contribution is 2.33. The molecule has 1 unspecified atom stereocenters. The quantitative estimate of drug-likeness (QED) is 0.921. The van der Waals surface area contributed by atoms with Crippen LogP contribution in [0, 0.1) is 11.8 Å². The summed E-state index contributed by atoms with van der Waals surface area (Å²) >= 11 is 0. The molecule has 104 valence electrons. The number of carboxylic acid groups (broad SMARTS) is 1. The molecule has 1 aliphatic carbocycles. The van der Waals surface area contributed by atoms with Crippen molar-refractivity contribution in [3.8, 4) is 0 Å². The number of para-hydroxylation sites is 1. The molecule has 0 aliphatic heterocycles. The maximum Gasteiger partial charge on any atom is 0.307 e. The lowest BCUT2D eigenvalue weighted by molar-refractivity contribution is -0.143. The fourth-order valence-corrected chi connectivity index (χ4v) is 3.26. The number of carboxylic acids is 1. The van der Waals surface area contributed by atoms with Crippen molar-refractivity contribution in [3.63, 3.8) is 0 Å². The highest BCUT2D eigenvalue weighted by molar-refractivity contribution is 5.78. The predicted octanol–water partition coefficient (Wildman–Crippen LogP) is 3.67. The van der Waals surface area contributed by atoms with Gasteiger partial charge in [0, 0.05) is 17.5 Å². The first kappa shape index (κ1) is 13.1. The van der Waals surface area contributed by atoms with Gasteiger partial charge in [0.05, 0.1) is 11.4 Å². The highest BCUT2D eigenvalue weighted by Gasteiger charge is 2.30. The molecule has 1 heterocycles. The van der Waals surface area contributed by atoms with Gasteiger partial charge in [-0.2, -0.15) is 0 Å². The lowest BCUT2D eigenvalue weighted by Gasteiger charge is -2.18. The smallest absolute Gasteiger partial charge is 0.307 e. The van der Waals surface area contributed by atoms with Crippen LogP contribution in [0.1, 0.15) is 31.4 Å². The molecule has 0 spiro atoms. The number of nitrogens with zero attached hydrogens (tertiary/aromatic N) is 1. The fraction of sp³-hybridized carbons (Fsp3) is 0.412. The van der Waals surface area contributed by atoms with Gasteiger partial charge in [-0.15, -0.1) is 0 Å². The molecule has 0 radical (unpaired) electrons.